The number of carbonyl (C=O) groups excluding carboxylic acids is 2. The summed E-state index contributed by atoms with van der Waals surface area (Å²) in [7, 11) is 1.55. The standard InChI is InChI=1S/C26H30ClN5O5S/c1-14-16(27)12-18(28-14)22(33)29-17-10-11-32(13-19(17)37-4)25-30-20(21(38-25)24(35)36)23(34)31-26(2,3)15-8-6-5-7-9-15/h5-9,12,17,19,28H,10-11,13H2,1-4H3,(H,29,33)(H,31,34)(H,35,36). The number of carboxylic acids is 1. The highest BCUT2D eigenvalue weighted by atomic mass is 35.5. The number of methoxy groups -OCH3 is 1. The number of aromatic amines is 1. The van der Waals surface area contributed by atoms with Crippen LogP contribution in [0.3, 0.4) is 0 Å². The molecule has 1 aromatic carbocycles. The maximum absolute atomic E-state index is 13.2. The Bertz CT molecular complexity index is 1320. The van der Waals surface area contributed by atoms with Crippen LogP contribution in [0.5, 0.6) is 0 Å². The summed E-state index contributed by atoms with van der Waals surface area (Å²) in [6, 6.07) is 10.7. The van der Waals surface area contributed by atoms with E-state index in [-0.39, 0.29) is 28.6 Å². The number of aryl methyl sites for hydroxylation is 1. The molecule has 0 saturated carbocycles. The molecule has 1 aliphatic heterocycles. The summed E-state index contributed by atoms with van der Waals surface area (Å²) in [6.07, 6.45) is 0.146. The van der Waals surface area contributed by atoms with Crippen molar-refractivity contribution in [2.24, 2.45) is 0 Å². The number of hydrogen-bond acceptors (Lipinski definition) is 7. The number of H-pyrrole nitrogens is 1. The number of halogens is 1. The molecule has 2 amide bonds. The summed E-state index contributed by atoms with van der Waals surface area (Å²) >= 11 is 7.01. The summed E-state index contributed by atoms with van der Waals surface area (Å²) in [6.45, 7) is 6.32. The second-order valence-corrected chi connectivity index (χ2v) is 11.1. The maximum Gasteiger partial charge on any atom is 0.348 e. The average molecular weight is 560 g/mol. The van der Waals surface area contributed by atoms with Gasteiger partial charge in [0.05, 0.1) is 22.7 Å². The molecule has 1 fully saturated rings. The van der Waals surface area contributed by atoms with Gasteiger partial charge in [-0.15, -0.1) is 0 Å². The molecule has 0 spiro atoms. The van der Waals surface area contributed by atoms with Crippen molar-refractivity contribution in [3.05, 3.63) is 68.9 Å². The van der Waals surface area contributed by atoms with Crippen LogP contribution in [-0.2, 0) is 10.3 Å². The zero-order valence-corrected chi connectivity index (χ0v) is 23.1. The van der Waals surface area contributed by atoms with Crippen LogP contribution in [0.2, 0.25) is 5.02 Å². The van der Waals surface area contributed by atoms with Crippen LogP contribution in [0, 0.1) is 6.92 Å². The summed E-state index contributed by atoms with van der Waals surface area (Å²) in [5.41, 5.74) is 1.08. The Morgan fingerprint density at radius 3 is 2.55 bits per heavy atom. The zero-order valence-electron chi connectivity index (χ0n) is 21.5. The van der Waals surface area contributed by atoms with Crippen molar-refractivity contribution in [2.45, 2.75) is 44.9 Å². The van der Waals surface area contributed by atoms with E-state index in [9.17, 15) is 19.5 Å². The normalized spacial score (nSPS) is 17.8. The quantitative estimate of drug-likeness (QED) is 0.329. The van der Waals surface area contributed by atoms with Crippen molar-refractivity contribution in [3.63, 3.8) is 0 Å². The smallest absolute Gasteiger partial charge is 0.348 e. The summed E-state index contributed by atoms with van der Waals surface area (Å²) in [5, 5.41) is 16.6. The van der Waals surface area contributed by atoms with E-state index in [0.29, 0.717) is 41.1 Å². The lowest BCUT2D eigenvalue weighted by Crippen LogP contribution is -2.55. The number of thiazole rings is 1. The topological polar surface area (TPSA) is 137 Å². The molecular weight excluding hydrogens is 530 g/mol. The first kappa shape index (κ1) is 27.6. The van der Waals surface area contributed by atoms with Gasteiger partial charge in [0.2, 0.25) is 0 Å². The summed E-state index contributed by atoms with van der Waals surface area (Å²) < 4.78 is 5.66. The predicted octanol–water partition coefficient (Wildman–Crippen LogP) is 3.82. The van der Waals surface area contributed by atoms with E-state index >= 15 is 0 Å². The van der Waals surface area contributed by atoms with E-state index in [1.807, 2.05) is 49.1 Å². The van der Waals surface area contributed by atoms with Crippen LogP contribution < -0.4 is 15.5 Å². The van der Waals surface area contributed by atoms with Crippen molar-refractivity contribution in [1.82, 2.24) is 20.6 Å². The van der Waals surface area contributed by atoms with E-state index in [1.54, 1.807) is 20.1 Å². The number of carboxylic acid groups (broad SMARTS) is 1. The molecule has 1 saturated heterocycles. The highest BCUT2D eigenvalue weighted by molar-refractivity contribution is 7.17. The Kier molecular flexibility index (Phi) is 8.10. The second kappa shape index (κ2) is 11.1. The number of rotatable bonds is 8. The highest BCUT2D eigenvalue weighted by Crippen LogP contribution is 2.31. The Hall–Kier alpha value is -3.41. The molecular formula is C26H30ClN5O5S. The Balaban J connectivity index is 1.49. The molecule has 0 aliphatic carbocycles. The molecule has 10 nitrogen and oxygen atoms in total. The third-order valence-electron chi connectivity index (χ3n) is 6.59. The third-order valence-corrected chi connectivity index (χ3v) is 8.09. The lowest BCUT2D eigenvalue weighted by molar-refractivity contribution is 0.0540. The number of nitrogens with zero attached hydrogens (tertiary/aromatic N) is 2. The summed E-state index contributed by atoms with van der Waals surface area (Å²) in [5.74, 6) is -2.08. The maximum atomic E-state index is 13.2. The van der Waals surface area contributed by atoms with Crippen LogP contribution >= 0.6 is 22.9 Å². The summed E-state index contributed by atoms with van der Waals surface area (Å²) in [4.78, 5) is 47.0. The molecule has 12 heteroatoms. The van der Waals surface area contributed by atoms with Gasteiger partial charge in [0, 0.05) is 25.9 Å². The number of piperidine rings is 1. The Labute approximate surface area is 229 Å². The van der Waals surface area contributed by atoms with Crippen LogP contribution in [-0.4, -0.2) is 65.2 Å². The van der Waals surface area contributed by atoms with Crippen molar-refractivity contribution >= 4 is 45.9 Å². The van der Waals surface area contributed by atoms with Gasteiger partial charge in [-0.3, -0.25) is 9.59 Å². The van der Waals surface area contributed by atoms with Gasteiger partial charge in [-0.2, -0.15) is 0 Å². The van der Waals surface area contributed by atoms with Gasteiger partial charge in [-0.25, -0.2) is 9.78 Å². The highest BCUT2D eigenvalue weighted by Gasteiger charge is 2.35. The largest absolute Gasteiger partial charge is 0.477 e. The molecule has 2 aromatic heterocycles. The number of ether oxygens (including phenoxy) is 1. The number of hydrogen-bond donors (Lipinski definition) is 4. The Morgan fingerprint density at radius 2 is 1.95 bits per heavy atom. The first-order valence-electron chi connectivity index (χ1n) is 12.1. The Morgan fingerprint density at radius 1 is 1.24 bits per heavy atom. The van der Waals surface area contributed by atoms with Gasteiger partial charge in [-0.1, -0.05) is 53.3 Å². The molecule has 2 unspecified atom stereocenters. The van der Waals surface area contributed by atoms with Gasteiger partial charge in [0.15, 0.2) is 10.8 Å². The fourth-order valence-corrected chi connectivity index (χ4v) is 5.50. The van der Waals surface area contributed by atoms with E-state index in [2.05, 4.69) is 20.6 Å². The van der Waals surface area contributed by atoms with E-state index in [1.165, 1.54) is 0 Å². The average Bonchev–Trinajstić information content (AvgIpc) is 3.48. The predicted molar refractivity (Wildman–Crippen MR) is 145 cm³/mol. The number of benzene rings is 1. The van der Waals surface area contributed by atoms with Gasteiger partial charge < -0.3 is 30.4 Å². The minimum atomic E-state index is -1.22. The van der Waals surface area contributed by atoms with Gasteiger partial charge >= 0.3 is 5.97 Å². The van der Waals surface area contributed by atoms with Crippen molar-refractivity contribution in [3.8, 4) is 0 Å². The number of amides is 2. The monoisotopic (exact) mass is 559 g/mol. The van der Waals surface area contributed by atoms with Gasteiger partial charge in [0.1, 0.15) is 10.6 Å². The minimum absolute atomic E-state index is 0.134. The first-order chi connectivity index (χ1) is 18.0. The number of aromatic nitrogens is 2. The van der Waals surface area contributed by atoms with Gasteiger partial charge in [-0.05, 0) is 38.8 Å². The molecule has 4 rings (SSSR count). The third kappa shape index (κ3) is 5.85. The molecule has 4 N–H and O–H groups in total. The van der Waals surface area contributed by atoms with Crippen molar-refractivity contribution in [2.75, 3.05) is 25.1 Å². The van der Waals surface area contributed by atoms with Crippen LogP contribution in [0.15, 0.2) is 36.4 Å². The molecule has 3 heterocycles. The lowest BCUT2D eigenvalue weighted by Gasteiger charge is -2.37. The van der Waals surface area contributed by atoms with E-state index < -0.39 is 17.4 Å². The van der Waals surface area contributed by atoms with E-state index in [4.69, 9.17) is 16.3 Å². The number of aromatic carboxylic acids is 1. The zero-order chi connectivity index (χ0) is 27.6. The van der Waals surface area contributed by atoms with Gasteiger partial charge in [0.25, 0.3) is 11.8 Å². The fourth-order valence-electron chi connectivity index (χ4n) is 4.41. The first-order valence-corrected chi connectivity index (χ1v) is 13.3. The number of anilines is 1. The number of carbonyl (C=O) groups is 3. The SMILES string of the molecule is COC1CN(c2nc(C(=O)NC(C)(C)c3ccccc3)c(C(=O)O)s2)CCC1NC(=O)c1cc(Cl)c(C)[nH]1. The minimum Gasteiger partial charge on any atom is -0.477 e. The molecule has 3 aromatic rings. The van der Waals surface area contributed by atoms with E-state index in [0.717, 1.165) is 16.9 Å². The molecule has 0 radical (unpaired) electrons. The van der Waals surface area contributed by atoms with Crippen LogP contribution in [0.25, 0.3) is 0 Å². The van der Waals surface area contributed by atoms with Crippen LogP contribution in [0.1, 0.15) is 62.2 Å². The number of nitrogens with one attached hydrogen (secondary N) is 3. The van der Waals surface area contributed by atoms with Crippen molar-refractivity contribution in [1.29, 1.82) is 0 Å². The fraction of sp³-hybridized carbons (Fsp3) is 0.385. The molecule has 202 valence electrons. The van der Waals surface area contributed by atoms with Crippen LogP contribution in [0.4, 0.5) is 5.13 Å². The van der Waals surface area contributed by atoms with Crippen molar-refractivity contribution < 1.29 is 24.2 Å². The lowest BCUT2D eigenvalue weighted by atomic mass is 9.94. The molecule has 0 bridgehead atoms. The molecule has 2 atom stereocenters. The molecule has 38 heavy (non-hydrogen) atoms. The molecule has 1 aliphatic rings. The second-order valence-electron chi connectivity index (χ2n) is 9.67.